The van der Waals surface area contributed by atoms with E-state index in [1.165, 1.54) is 7.11 Å². The molecule has 1 aromatic rings. The number of nitrogens with one attached hydrogen (secondary N) is 1. The van der Waals surface area contributed by atoms with E-state index in [1.54, 1.807) is 7.05 Å². The van der Waals surface area contributed by atoms with Crippen molar-refractivity contribution in [2.45, 2.75) is 6.04 Å². The maximum atomic E-state index is 11.4. The second-order valence-electron chi connectivity index (χ2n) is 2.80. The summed E-state index contributed by atoms with van der Waals surface area (Å²) >= 11 is 3.35. The number of methoxy groups -OCH3 is 1. The van der Waals surface area contributed by atoms with Crippen LogP contribution in [0.4, 0.5) is 0 Å². The molecule has 0 aliphatic rings. The van der Waals surface area contributed by atoms with Crippen molar-refractivity contribution in [3.63, 3.8) is 0 Å². The predicted octanol–water partition coefficient (Wildman–Crippen LogP) is 1.88. The van der Waals surface area contributed by atoms with Gasteiger partial charge in [-0.05, 0) is 24.7 Å². The van der Waals surface area contributed by atoms with Gasteiger partial charge in [0.25, 0.3) is 0 Å². The molecule has 0 heterocycles. The van der Waals surface area contributed by atoms with Gasteiger partial charge in [-0.25, -0.2) is 4.79 Å². The van der Waals surface area contributed by atoms with Crippen LogP contribution in [0.25, 0.3) is 0 Å². The molecule has 1 rings (SSSR count). The Morgan fingerprint density at radius 3 is 2.79 bits per heavy atom. The van der Waals surface area contributed by atoms with Crippen LogP contribution in [-0.2, 0) is 9.53 Å². The zero-order valence-corrected chi connectivity index (χ0v) is 9.67. The Labute approximate surface area is 91.6 Å². The highest BCUT2D eigenvalue weighted by Gasteiger charge is 2.18. The van der Waals surface area contributed by atoms with Crippen molar-refractivity contribution in [3.05, 3.63) is 34.3 Å². The van der Waals surface area contributed by atoms with Gasteiger partial charge in [0.15, 0.2) is 0 Å². The summed E-state index contributed by atoms with van der Waals surface area (Å²) in [5, 5.41) is 2.90. The molecule has 1 N–H and O–H groups in total. The zero-order chi connectivity index (χ0) is 10.6. The van der Waals surface area contributed by atoms with Gasteiger partial charge in [0.2, 0.25) is 0 Å². The predicted molar refractivity (Wildman–Crippen MR) is 58.0 cm³/mol. The minimum Gasteiger partial charge on any atom is -0.468 e. The normalized spacial score (nSPS) is 12.2. The molecule has 0 fully saturated rings. The van der Waals surface area contributed by atoms with Crippen LogP contribution in [0, 0.1) is 0 Å². The molecule has 0 unspecified atom stereocenters. The van der Waals surface area contributed by atoms with E-state index < -0.39 is 6.04 Å². The number of likely N-dealkylation sites (N-methyl/N-ethyl adjacent to an activating group) is 1. The van der Waals surface area contributed by atoms with Crippen molar-refractivity contribution in [1.82, 2.24) is 5.32 Å². The Kier molecular flexibility index (Phi) is 4.10. The van der Waals surface area contributed by atoms with Gasteiger partial charge >= 0.3 is 5.97 Å². The summed E-state index contributed by atoms with van der Waals surface area (Å²) in [6.07, 6.45) is 0. The first kappa shape index (κ1) is 11.2. The summed E-state index contributed by atoms with van der Waals surface area (Å²) in [6, 6.07) is 7.15. The van der Waals surface area contributed by atoms with Gasteiger partial charge in [-0.1, -0.05) is 28.1 Å². The molecule has 0 aliphatic heterocycles. The molecule has 0 radical (unpaired) electrons. The van der Waals surface area contributed by atoms with Gasteiger partial charge in [0.05, 0.1) is 7.11 Å². The standard InChI is InChI=1S/C10H12BrNO2/c1-12-9(10(13)14-2)7-4-3-5-8(11)6-7/h3-6,9,12H,1-2H3/t9-/m0/s1. The summed E-state index contributed by atoms with van der Waals surface area (Å²) < 4.78 is 5.62. The van der Waals surface area contributed by atoms with Crippen LogP contribution in [0.2, 0.25) is 0 Å². The SMILES string of the molecule is CN[C@H](C(=O)OC)c1cccc(Br)c1. The minimum absolute atomic E-state index is 0.286. The number of benzene rings is 1. The van der Waals surface area contributed by atoms with Crippen LogP contribution >= 0.6 is 15.9 Å². The lowest BCUT2D eigenvalue weighted by Gasteiger charge is -2.13. The van der Waals surface area contributed by atoms with Crippen molar-refractivity contribution in [1.29, 1.82) is 0 Å². The van der Waals surface area contributed by atoms with E-state index in [0.29, 0.717) is 0 Å². The smallest absolute Gasteiger partial charge is 0.327 e. The van der Waals surface area contributed by atoms with Crippen molar-refractivity contribution in [2.24, 2.45) is 0 Å². The second kappa shape index (κ2) is 5.12. The largest absolute Gasteiger partial charge is 0.468 e. The molecule has 0 spiro atoms. The first-order chi connectivity index (χ1) is 6.69. The van der Waals surface area contributed by atoms with E-state index in [2.05, 4.69) is 26.0 Å². The lowest BCUT2D eigenvalue weighted by atomic mass is 10.1. The van der Waals surface area contributed by atoms with Gasteiger partial charge < -0.3 is 10.1 Å². The molecule has 0 amide bonds. The molecule has 14 heavy (non-hydrogen) atoms. The average molecular weight is 258 g/mol. The summed E-state index contributed by atoms with van der Waals surface area (Å²) in [6.45, 7) is 0. The number of rotatable bonds is 3. The van der Waals surface area contributed by atoms with Gasteiger partial charge in [0, 0.05) is 4.47 Å². The van der Waals surface area contributed by atoms with Crippen LogP contribution in [-0.4, -0.2) is 20.1 Å². The maximum absolute atomic E-state index is 11.4. The molecule has 3 nitrogen and oxygen atoms in total. The molecule has 76 valence electrons. The molecule has 0 aliphatic carbocycles. The summed E-state index contributed by atoms with van der Waals surface area (Å²) in [5.74, 6) is -0.286. The molecule has 4 heteroatoms. The Bertz CT molecular complexity index is 328. The number of hydrogen-bond acceptors (Lipinski definition) is 3. The third kappa shape index (κ3) is 2.56. The molecule has 1 aromatic carbocycles. The Hall–Kier alpha value is -0.870. The number of carbonyl (C=O) groups excluding carboxylic acids is 1. The fourth-order valence-electron chi connectivity index (χ4n) is 1.22. The van der Waals surface area contributed by atoms with E-state index in [0.717, 1.165) is 10.0 Å². The molecular weight excluding hydrogens is 246 g/mol. The van der Waals surface area contributed by atoms with Crippen LogP contribution in [0.5, 0.6) is 0 Å². The summed E-state index contributed by atoms with van der Waals surface area (Å²) in [5.41, 5.74) is 0.883. The third-order valence-electron chi connectivity index (χ3n) is 1.91. The van der Waals surface area contributed by atoms with E-state index in [-0.39, 0.29) is 5.97 Å². The van der Waals surface area contributed by atoms with Crippen molar-refractivity contribution in [3.8, 4) is 0 Å². The van der Waals surface area contributed by atoms with E-state index in [9.17, 15) is 4.79 Å². The molecular formula is C10H12BrNO2. The van der Waals surface area contributed by atoms with Crippen LogP contribution < -0.4 is 5.32 Å². The Morgan fingerprint density at radius 1 is 1.57 bits per heavy atom. The van der Waals surface area contributed by atoms with E-state index in [4.69, 9.17) is 0 Å². The summed E-state index contributed by atoms with van der Waals surface area (Å²) in [4.78, 5) is 11.4. The molecule has 0 saturated heterocycles. The van der Waals surface area contributed by atoms with Gasteiger partial charge in [-0.15, -0.1) is 0 Å². The molecule has 0 saturated carbocycles. The first-order valence-electron chi connectivity index (χ1n) is 4.19. The first-order valence-corrected chi connectivity index (χ1v) is 4.99. The highest BCUT2D eigenvalue weighted by Crippen LogP contribution is 2.18. The minimum atomic E-state index is -0.405. The quantitative estimate of drug-likeness (QED) is 0.841. The van der Waals surface area contributed by atoms with Gasteiger partial charge in [-0.3, -0.25) is 0 Å². The second-order valence-corrected chi connectivity index (χ2v) is 3.72. The highest BCUT2D eigenvalue weighted by molar-refractivity contribution is 9.10. The Balaban J connectivity index is 2.94. The monoisotopic (exact) mass is 257 g/mol. The highest BCUT2D eigenvalue weighted by atomic mass is 79.9. The number of halogens is 1. The topological polar surface area (TPSA) is 38.3 Å². The Morgan fingerprint density at radius 2 is 2.29 bits per heavy atom. The van der Waals surface area contributed by atoms with Crippen molar-refractivity contribution >= 4 is 21.9 Å². The number of hydrogen-bond donors (Lipinski definition) is 1. The average Bonchev–Trinajstić information content (AvgIpc) is 2.19. The van der Waals surface area contributed by atoms with Crippen LogP contribution in [0.3, 0.4) is 0 Å². The molecule has 0 bridgehead atoms. The van der Waals surface area contributed by atoms with Crippen molar-refractivity contribution in [2.75, 3.05) is 14.2 Å². The van der Waals surface area contributed by atoms with Crippen molar-refractivity contribution < 1.29 is 9.53 Å². The number of esters is 1. The molecule has 1 atom stereocenters. The third-order valence-corrected chi connectivity index (χ3v) is 2.40. The van der Waals surface area contributed by atoms with Gasteiger partial charge in [-0.2, -0.15) is 0 Å². The zero-order valence-electron chi connectivity index (χ0n) is 8.08. The molecule has 0 aromatic heterocycles. The lowest BCUT2D eigenvalue weighted by Crippen LogP contribution is -2.26. The fourth-order valence-corrected chi connectivity index (χ4v) is 1.64. The van der Waals surface area contributed by atoms with E-state index >= 15 is 0 Å². The summed E-state index contributed by atoms with van der Waals surface area (Å²) in [7, 11) is 3.10. The number of ether oxygens (including phenoxy) is 1. The van der Waals surface area contributed by atoms with Crippen LogP contribution in [0.1, 0.15) is 11.6 Å². The fraction of sp³-hybridized carbons (Fsp3) is 0.300. The van der Waals surface area contributed by atoms with Gasteiger partial charge in [0.1, 0.15) is 6.04 Å². The van der Waals surface area contributed by atoms with Crippen LogP contribution in [0.15, 0.2) is 28.7 Å². The lowest BCUT2D eigenvalue weighted by molar-refractivity contribution is -0.143. The number of carbonyl (C=O) groups is 1. The van der Waals surface area contributed by atoms with E-state index in [1.807, 2.05) is 24.3 Å². The maximum Gasteiger partial charge on any atom is 0.327 e.